The minimum atomic E-state index is 0.788. The van der Waals surface area contributed by atoms with Crippen LogP contribution in [0.4, 0.5) is 0 Å². The number of rotatable bonds is 2. The Labute approximate surface area is 89.2 Å². The summed E-state index contributed by atoms with van der Waals surface area (Å²) in [5.74, 6) is 0.788. The van der Waals surface area contributed by atoms with E-state index < -0.39 is 0 Å². The summed E-state index contributed by atoms with van der Waals surface area (Å²) in [5, 5.41) is 0. The van der Waals surface area contributed by atoms with Crippen LogP contribution in [0.2, 0.25) is 0 Å². The van der Waals surface area contributed by atoms with Crippen molar-refractivity contribution in [2.75, 3.05) is 0 Å². The molecule has 0 saturated carbocycles. The van der Waals surface area contributed by atoms with Gasteiger partial charge in [0.25, 0.3) is 0 Å². The lowest BCUT2D eigenvalue weighted by Crippen LogP contribution is -1.80. The molecule has 1 heterocycles. The van der Waals surface area contributed by atoms with Crippen LogP contribution >= 0.6 is 12.6 Å². The van der Waals surface area contributed by atoms with E-state index in [1.165, 1.54) is 16.7 Å². The van der Waals surface area contributed by atoms with E-state index in [0.29, 0.717) is 0 Å². The maximum atomic E-state index is 4.22. The van der Waals surface area contributed by atoms with Crippen LogP contribution in [0.25, 0.3) is 11.1 Å². The monoisotopic (exact) mass is 201 g/mol. The highest BCUT2D eigenvalue weighted by Crippen LogP contribution is 2.18. The van der Waals surface area contributed by atoms with Gasteiger partial charge in [0.15, 0.2) is 0 Å². The summed E-state index contributed by atoms with van der Waals surface area (Å²) < 4.78 is 0. The average Bonchev–Trinajstić information content (AvgIpc) is 2.30. The fraction of sp³-hybridized carbons (Fsp3) is 0.0833. The van der Waals surface area contributed by atoms with Crippen molar-refractivity contribution in [3.05, 3.63) is 54.4 Å². The SMILES string of the molecule is SCc1ccc(-c2ccncc2)cc1. The molecule has 0 aliphatic rings. The van der Waals surface area contributed by atoms with Crippen molar-refractivity contribution < 1.29 is 0 Å². The summed E-state index contributed by atoms with van der Waals surface area (Å²) in [4.78, 5) is 3.99. The molecule has 0 aliphatic heterocycles. The fourth-order valence-electron chi connectivity index (χ4n) is 1.35. The van der Waals surface area contributed by atoms with Gasteiger partial charge in [-0.05, 0) is 28.8 Å². The van der Waals surface area contributed by atoms with Gasteiger partial charge in [-0.15, -0.1) is 0 Å². The standard InChI is InChI=1S/C12H11NS/c14-9-10-1-3-11(4-2-10)12-5-7-13-8-6-12/h1-8,14H,9H2. The second kappa shape index (κ2) is 4.29. The maximum absolute atomic E-state index is 4.22. The minimum Gasteiger partial charge on any atom is -0.265 e. The molecule has 0 radical (unpaired) electrons. The molecule has 0 N–H and O–H groups in total. The van der Waals surface area contributed by atoms with Gasteiger partial charge in [-0.1, -0.05) is 24.3 Å². The molecular weight excluding hydrogens is 190 g/mol. The molecule has 0 atom stereocenters. The van der Waals surface area contributed by atoms with Crippen LogP contribution in [0.3, 0.4) is 0 Å². The van der Waals surface area contributed by atoms with Crippen molar-refractivity contribution >= 4 is 12.6 Å². The molecule has 0 fully saturated rings. The van der Waals surface area contributed by atoms with E-state index in [0.717, 1.165) is 5.75 Å². The Bertz CT molecular complexity index is 394. The highest BCUT2D eigenvalue weighted by molar-refractivity contribution is 7.79. The average molecular weight is 201 g/mol. The predicted octanol–water partition coefficient (Wildman–Crippen LogP) is 3.18. The Kier molecular flexibility index (Phi) is 2.84. The summed E-state index contributed by atoms with van der Waals surface area (Å²) in [6, 6.07) is 12.4. The van der Waals surface area contributed by atoms with E-state index >= 15 is 0 Å². The van der Waals surface area contributed by atoms with Crippen molar-refractivity contribution in [1.29, 1.82) is 0 Å². The van der Waals surface area contributed by atoms with Gasteiger partial charge in [-0.3, -0.25) is 4.98 Å². The van der Waals surface area contributed by atoms with Crippen molar-refractivity contribution in [1.82, 2.24) is 4.98 Å². The summed E-state index contributed by atoms with van der Waals surface area (Å²) in [7, 11) is 0. The van der Waals surface area contributed by atoms with Gasteiger partial charge in [-0.25, -0.2) is 0 Å². The zero-order chi connectivity index (χ0) is 9.80. The highest BCUT2D eigenvalue weighted by atomic mass is 32.1. The topological polar surface area (TPSA) is 12.9 Å². The molecule has 1 nitrogen and oxygen atoms in total. The number of nitrogens with zero attached hydrogens (tertiary/aromatic N) is 1. The van der Waals surface area contributed by atoms with Gasteiger partial charge in [0.1, 0.15) is 0 Å². The number of pyridine rings is 1. The first-order valence-corrected chi connectivity index (χ1v) is 5.13. The maximum Gasteiger partial charge on any atom is 0.0273 e. The molecule has 0 bridgehead atoms. The quantitative estimate of drug-likeness (QED) is 0.736. The van der Waals surface area contributed by atoms with Crippen LogP contribution in [0.1, 0.15) is 5.56 Å². The molecule has 1 aromatic carbocycles. The van der Waals surface area contributed by atoms with Crippen LogP contribution < -0.4 is 0 Å². The summed E-state index contributed by atoms with van der Waals surface area (Å²) in [5.41, 5.74) is 3.66. The third-order valence-corrected chi connectivity index (χ3v) is 2.52. The summed E-state index contributed by atoms with van der Waals surface area (Å²) in [6.45, 7) is 0. The molecule has 2 aromatic rings. The Morgan fingerprint density at radius 2 is 1.43 bits per heavy atom. The van der Waals surface area contributed by atoms with E-state index in [4.69, 9.17) is 0 Å². The molecule has 0 amide bonds. The first-order chi connectivity index (χ1) is 6.90. The van der Waals surface area contributed by atoms with E-state index in [9.17, 15) is 0 Å². The second-order valence-corrected chi connectivity index (χ2v) is 3.41. The van der Waals surface area contributed by atoms with Crippen LogP contribution in [-0.4, -0.2) is 4.98 Å². The van der Waals surface area contributed by atoms with Crippen LogP contribution in [0.15, 0.2) is 48.8 Å². The highest BCUT2D eigenvalue weighted by Gasteiger charge is 1.95. The molecule has 0 unspecified atom stereocenters. The molecule has 1 aromatic heterocycles. The van der Waals surface area contributed by atoms with Crippen molar-refractivity contribution in [2.45, 2.75) is 5.75 Å². The Hall–Kier alpha value is -1.28. The smallest absolute Gasteiger partial charge is 0.0273 e. The molecule has 0 spiro atoms. The van der Waals surface area contributed by atoms with Gasteiger partial charge in [0.2, 0.25) is 0 Å². The molecular formula is C12H11NS. The van der Waals surface area contributed by atoms with E-state index in [1.54, 1.807) is 0 Å². The first-order valence-electron chi connectivity index (χ1n) is 4.50. The number of thiol groups is 1. The Morgan fingerprint density at radius 3 is 2.00 bits per heavy atom. The molecule has 14 heavy (non-hydrogen) atoms. The Morgan fingerprint density at radius 1 is 0.857 bits per heavy atom. The van der Waals surface area contributed by atoms with Gasteiger partial charge >= 0.3 is 0 Å². The normalized spacial score (nSPS) is 10.1. The lowest BCUT2D eigenvalue weighted by Gasteiger charge is -2.01. The zero-order valence-electron chi connectivity index (χ0n) is 7.72. The van der Waals surface area contributed by atoms with Gasteiger partial charge < -0.3 is 0 Å². The van der Waals surface area contributed by atoms with Crippen LogP contribution in [-0.2, 0) is 5.75 Å². The third kappa shape index (κ3) is 1.96. The fourth-order valence-corrected chi connectivity index (χ4v) is 1.56. The number of aromatic nitrogens is 1. The molecule has 0 aliphatic carbocycles. The number of hydrogen-bond donors (Lipinski definition) is 1. The molecule has 2 heteroatoms. The van der Waals surface area contributed by atoms with Gasteiger partial charge in [0.05, 0.1) is 0 Å². The molecule has 70 valence electrons. The largest absolute Gasteiger partial charge is 0.265 e. The lowest BCUT2D eigenvalue weighted by atomic mass is 10.1. The number of hydrogen-bond acceptors (Lipinski definition) is 2. The van der Waals surface area contributed by atoms with Gasteiger partial charge in [0, 0.05) is 18.1 Å². The summed E-state index contributed by atoms with van der Waals surface area (Å²) in [6.07, 6.45) is 3.61. The zero-order valence-corrected chi connectivity index (χ0v) is 8.61. The lowest BCUT2D eigenvalue weighted by molar-refractivity contribution is 1.33. The predicted molar refractivity (Wildman–Crippen MR) is 62.4 cm³/mol. The van der Waals surface area contributed by atoms with Crippen LogP contribution in [0, 0.1) is 0 Å². The van der Waals surface area contributed by atoms with Gasteiger partial charge in [-0.2, -0.15) is 12.6 Å². The van der Waals surface area contributed by atoms with Crippen molar-refractivity contribution in [3.8, 4) is 11.1 Å². The minimum absolute atomic E-state index is 0.788. The first kappa shape index (κ1) is 9.28. The molecule has 0 saturated heterocycles. The second-order valence-electron chi connectivity index (χ2n) is 3.09. The van der Waals surface area contributed by atoms with E-state index in [1.807, 2.05) is 24.5 Å². The van der Waals surface area contributed by atoms with Crippen LogP contribution in [0.5, 0.6) is 0 Å². The summed E-state index contributed by atoms with van der Waals surface area (Å²) >= 11 is 4.22. The van der Waals surface area contributed by atoms with E-state index in [-0.39, 0.29) is 0 Å². The third-order valence-electron chi connectivity index (χ3n) is 2.15. The van der Waals surface area contributed by atoms with E-state index in [2.05, 4.69) is 41.9 Å². The van der Waals surface area contributed by atoms with Crippen molar-refractivity contribution in [3.63, 3.8) is 0 Å². The number of benzene rings is 1. The molecule has 2 rings (SSSR count). The Balaban J connectivity index is 2.34. The van der Waals surface area contributed by atoms with Crippen molar-refractivity contribution in [2.24, 2.45) is 0 Å².